The third-order valence-electron chi connectivity index (χ3n) is 3.74. The molecule has 104 valence electrons. The molecular formula is C20H19N. The molecule has 1 heterocycles. The van der Waals surface area contributed by atoms with Crippen LogP contribution in [0.1, 0.15) is 16.7 Å². The molecule has 0 aliphatic carbocycles. The number of rotatable bonds is 2. The Balaban J connectivity index is 2.10. The predicted molar refractivity (Wildman–Crippen MR) is 89.3 cm³/mol. The van der Waals surface area contributed by atoms with Gasteiger partial charge in [0.15, 0.2) is 0 Å². The first-order valence-electron chi connectivity index (χ1n) is 7.24. The van der Waals surface area contributed by atoms with Crippen molar-refractivity contribution < 1.29 is 0 Å². The second kappa shape index (κ2) is 5.53. The zero-order valence-corrected chi connectivity index (χ0v) is 12.7. The molecule has 0 unspecified atom stereocenters. The molecule has 0 N–H and O–H groups in total. The van der Waals surface area contributed by atoms with Crippen LogP contribution in [0, 0.1) is 20.8 Å². The maximum atomic E-state index is 4.54. The van der Waals surface area contributed by atoms with Gasteiger partial charge < -0.3 is 0 Å². The molecular weight excluding hydrogens is 254 g/mol. The molecule has 1 heteroatoms. The van der Waals surface area contributed by atoms with Crippen LogP contribution in [0.3, 0.4) is 0 Å². The van der Waals surface area contributed by atoms with E-state index in [0.717, 1.165) is 5.69 Å². The Bertz CT molecular complexity index is 767. The maximum Gasteiger partial charge on any atom is 0.0710 e. The highest BCUT2D eigenvalue weighted by atomic mass is 14.7. The molecule has 1 nitrogen and oxygen atoms in total. The summed E-state index contributed by atoms with van der Waals surface area (Å²) in [6.07, 6.45) is 1.90. The topological polar surface area (TPSA) is 12.9 Å². The van der Waals surface area contributed by atoms with E-state index in [9.17, 15) is 0 Å². The van der Waals surface area contributed by atoms with Gasteiger partial charge in [-0.3, -0.25) is 4.98 Å². The highest BCUT2D eigenvalue weighted by molar-refractivity contribution is 5.72. The lowest BCUT2D eigenvalue weighted by atomic mass is 9.98. The Morgan fingerprint density at radius 2 is 1.43 bits per heavy atom. The molecule has 0 saturated heterocycles. The van der Waals surface area contributed by atoms with Crippen LogP contribution >= 0.6 is 0 Å². The van der Waals surface area contributed by atoms with E-state index in [1.54, 1.807) is 0 Å². The van der Waals surface area contributed by atoms with Crippen LogP contribution in [-0.4, -0.2) is 4.98 Å². The molecule has 0 fully saturated rings. The van der Waals surface area contributed by atoms with Crippen molar-refractivity contribution in [3.05, 3.63) is 77.5 Å². The number of nitrogens with zero attached hydrogens (tertiary/aromatic N) is 1. The first-order valence-corrected chi connectivity index (χ1v) is 7.24. The first-order chi connectivity index (χ1) is 10.1. The van der Waals surface area contributed by atoms with Gasteiger partial charge in [0.1, 0.15) is 0 Å². The predicted octanol–water partition coefficient (Wildman–Crippen LogP) is 5.34. The van der Waals surface area contributed by atoms with Gasteiger partial charge in [0.05, 0.1) is 5.69 Å². The summed E-state index contributed by atoms with van der Waals surface area (Å²) >= 11 is 0. The molecule has 0 aliphatic heterocycles. The number of aryl methyl sites for hydroxylation is 3. The first kappa shape index (κ1) is 13.6. The van der Waals surface area contributed by atoms with Crippen molar-refractivity contribution in [3.8, 4) is 22.4 Å². The van der Waals surface area contributed by atoms with Crippen molar-refractivity contribution in [2.75, 3.05) is 0 Å². The standard InChI is InChI=1S/C20H19N/c1-14-10-15(2)12-18(11-14)17-8-9-21-20(13-17)19-7-5-4-6-16(19)3/h4-13H,1-3H3. The molecule has 0 spiro atoms. The van der Waals surface area contributed by atoms with Crippen molar-refractivity contribution in [1.29, 1.82) is 0 Å². The van der Waals surface area contributed by atoms with Crippen LogP contribution < -0.4 is 0 Å². The van der Waals surface area contributed by atoms with E-state index in [1.807, 2.05) is 6.20 Å². The van der Waals surface area contributed by atoms with Gasteiger partial charge in [-0.05, 0) is 49.6 Å². The average Bonchev–Trinajstić information content (AvgIpc) is 2.47. The van der Waals surface area contributed by atoms with E-state index in [-0.39, 0.29) is 0 Å². The number of hydrogen-bond acceptors (Lipinski definition) is 1. The van der Waals surface area contributed by atoms with Crippen LogP contribution in [0.5, 0.6) is 0 Å². The van der Waals surface area contributed by atoms with E-state index in [1.165, 1.54) is 33.4 Å². The summed E-state index contributed by atoms with van der Waals surface area (Å²) in [4.78, 5) is 4.54. The van der Waals surface area contributed by atoms with E-state index in [4.69, 9.17) is 0 Å². The number of pyridine rings is 1. The molecule has 1 aromatic heterocycles. The summed E-state index contributed by atoms with van der Waals surface area (Å²) in [6.45, 7) is 6.40. The summed E-state index contributed by atoms with van der Waals surface area (Å²) in [5.41, 5.74) is 8.54. The molecule has 3 aromatic rings. The second-order valence-electron chi connectivity index (χ2n) is 5.62. The molecule has 21 heavy (non-hydrogen) atoms. The fourth-order valence-electron chi connectivity index (χ4n) is 2.76. The summed E-state index contributed by atoms with van der Waals surface area (Å²) in [6, 6.07) is 19.3. The molecule has 3 rings (SSSR count). The summed E-state index contributed by atoms with van der Waals surface area (Å²) in [5.74, 6) is 0. The third-order valence-corrected chi connectivity index (χ3v) is 3.74. The second-order valence-corrected chi connectivity index (χ2v) is 5.62. The van der Waals surface area contributed by atoms with Crippen LogP contribution in [0.4, 0.5) is 0 Å². The van der Waals surface area contributed by atoms with Gasteiger partial charge in [0, 0.05) is 11.8 Å². The average molecular weight is 273 g/mol. The van der Waals surface area contributed by atoms with Gasteiger partial charge >= 0.3 is 0 Å². The molecule has 0 bridgehead atoms. The van der Waals surface area contributed by atoms with Crippen LogP contribution in [0.2, 0.25) is 0 Å². The smallest absolute Gasteiger partial charge is 0.0710 e. The van der Waals surface area contributed by atoms with Gasteiger partial charge in [-0.2, -0.15) is 0 Å². The lowest BCUT2D eigenvalue weighted by Gasteiger charge is -2.09. The van der Waals surface area contributed by atoms with E-state index in [0.29, 0.717) is 0 Å². The summed E-state index contributed by atoms with van der Waals surface area (Å²) in [5, 5.41) is 0. The highest BCUT2D eigenvalue weighted by Gasteiger charge is 2.05. The molecule has 0 atom stereocenters. The normalized spacial score (nSPS) is 10.6. The van der Waals surface area contributed by atoms with Gasteiger partial charge in [-0.15, -0.1) is 0 Å². The lowest BCUT2D eigenvalue weighted by molar-refractivity contribution is 1.30. The highest BCUT2D eigenvalue weighted by Crippen LogP contribution is 2.27. The SMILES string of the molecule is Cc1cc(C)cc(-c2ccnc(-c3ccccc3C)c2)c1. The van der Waals surface area contributed by atoms with E-state index < -0.39 is 0 Å². The third kappa shape index (κ3) is 2.87. The maximum absolute atomic E-state index is 4.54. The van der Waals surface area contributed by atoms with Gasteiger partial charge in [-0.1, -0.05) is 53.6 Å². The van der Waals surface area contributed by atoms with Crippen molar-refractivity contribution in [1.82, 2.24) is 4.98 Å². The zero-order valence-electron chi connectivity index (χ0n) is 12.7. The molecule has 0 saturated carbocycles. The largest absolute Gasteiger partial charge is 0.256 e. The van der Waals surface area contributed by atoms with Crippen molar-refractivity contribution >= 4 is 0 Å². The fraction of sp³-hybridized carbons (Fsp3) is 0.150. The van der Waals surface area contributed by atoms with E-state index in [2.05, 4.69) is 80.4 Å². The van der Waals surface area contributed by atoms with Crippen LogP contribution in [-0.2, 0) is 0 Å². The molecule has 0 amide bonds. The van der Waals surface area contributed by atoms with Gasteiger partial charge in [-0.25, -0.2) is 0 Å². The van der Waals surface area contributed by atoms with Crippen LogP contribution in [0.25, 0.3) is 22.4 Å². The van der Waals surface area contributed by atoms with Crippen molar-refractivity contribution in [2.24, 2.45) is 0 Å². The minimum atomic E-state index is 1.03. The molecule has 2 aromatic carbocycles. The minimum Gasteiger partial charge on any atom is -0.256 e. The Kier molecular flexibility index (Phi) is 3.57. The molecule has 0 radical (unpaired) electrons. The van der Waals surface area contributed by atoms with Gasteiger partial charge in [0.2, 0.25) is 0 Å². The Morgan fingerprint density at radius 3 is 2.14 bits per heavy atom. The zero-order chi connectivity index (χ0) is 14.8. The Labute approximate surface area is 126 Å². The summed E-state index contributed by atoms with van der Waals surface area (Å²) < 4.78 is 0. The van der Waals surface area contributed by atoms with Gasteiger partial charge in [0.25, 0.3) is 0 Å². The van der Waals surface area contributed by atoms with E-state index >= 15 is 0 Å². The minimum absolute atomic E-state index is 1.03. The number of hydrogen-bond donors (Lipinski definition) is 0. The van der Waals surface area contributed by atoms with Crippen molar-refractivity contribution in [2.45, 2.75) is 20.8 Å². The van der Waals surface area contributed by atoms with Crippen LogP contribution in [0.15, 0.2) is 60.8 Å². The Hall–Kier alpha value is -2.41. The fourth-order valence-corrected chi connectivity index (χ4v) is 2.76. The quantitative estimate of drug-likeness (QED) is 0.614. The summed E-state index contributed by atoms with van der Waals surface area (Å²) in [7, 11) is 0. The number of benzene rings is 2. The number of aromatic nitrogens is 1. The van der Waals surface area contributed by atoms with Crippen molar-refractivity contribution in [3.63, 3.8) is 0 Å². The monoisotopic (exact) mass is 273 g/mol. The lowest BCUT2D eigenvalue weighted by Crippen LogP contribution is -1.89. The molecule has 0 aliphatic rings. The Morgan fingerprint density at radius 1 is 0.714 bits per heavy atom.